The van der Waals surface area contributed by atoms with E-state index in [1.807, 2.05) is 0 Å². The van der Waals surface area contributed by atoms with E-state index in [9.17, 15) is 0 Å². The molecule has 3 heterocycles. The van der Waals surface area contributed by atoms with Crippen LogP contribution in [0.3, 0.4) is 0 Å². The number of anilines is 5. The van der Waals surface area contributed by atoms with Gasteiger partial charge in [-0.05, 0) is 97.6 Å². The number of para-hydroxylation sites is 2. The Morgan fingerprint density at radius 2 is 1.21 bits per heavy atom. The number of hydrogen-bond donors (Lipinski definition) is 0. The number of rotatable bonds is 2. The van der Waals surface area contributed by atoms with E-state index in [1.165, 1.54) is 88.3 Å². The SMILES string of the molecule is Cc1cc2c3c(c1)N1c4ccccc4[Si](C)(C)c4cccc(c41)B3N(c1ccc(-c3ccccc3)cc1)c1cc3ccccc3cc1-2. The van der Waals surface area contributed by atoms with Crippen LogP contribution in [-0.4, -0.2) is 14.9 Å². The molecular formula is C43H33BN2Si. The number of fused-ring (bicyclic) bond motifs is 7. The molecule has 0 aliphatic carbocycles. The van der Waals surface area contributed by atoms with Crippen LogP contribution in [-0.2, 0) is 0 Å². The van der Waals surface area contributed by atoms with Gasteiger partial charge in [0.15, 0.2) is 0 Å². The van der Waals surface area contributed by atoms with Crippen molar-refractivity contribution in [1.29, 1.82) is 0 Å². The maximum atomic E-state index is 2.64. The number of benzene rings is 7. The van der Waals surface area contributed by atoms with Gasteiger partial charge in [0.25, 0.3) is 0 Å². The average Bonchev–Trinajstić information content (AvgIpc) is 3.11. The molecule has 7 aromatic carbocycles. The fraction of sp³-hybridized carbons (Fsp3) is 0.0698. The summed E-state index contributed by atoms with van der Waals surface area (Å²) in [4.78, 5) is 5.25. The van der Waals surface area contributed by atoms with Gasteiger partial charge in [-0.15, -0.1) is 0 Å². The normalized spacial score (nSPS) is 14.7. The summed E-state index contributed by atoms with van der Waals surface area (Å²) < 4.78 is 0. The number of aryl methyl sites for hydroxylation is 1. The molecule has 0 spiro atoms. The third kappa shape index (κ3) is 3.68. The minimum Gasteiger partial charge on any atom is -0.376 e. The summed E-state index contributed by atoms with van der Waals surface area (Å²) in [6.07, 6.45) is 0. The molecular weight excluding hydrogens is 583 g/mol. The van der Waals surface area contributed by atoms with Crippen LogP contribution in [0.15, 0.2) is 146 Å². The van der Waals surface area contributed by atoms with E-state index in [4.69, 9.17) is 0 Å². The lowest BCUT2D eigenvalue weighted by molar-refractivity contribution is 1.26. The molecule has 0 radical (unpaired) electrons. The first kappa shape index (κ1) is 26.9. The molecule has 0 aromatic heterocycles. The molecule has 0 N–H and O–H groups in total. The lowest BCUT2D eigenvalue weighted by Crippen LogP contribution is -2.67. The molecule has 3 aliphatic heterocycles. The van der Waals surface area contributed by atoms with E-state index in [1.54, 1.807) is 0 Å². The molecule has 0 saturated carbocycles. The number of nitrogens with zero attached hydrogens (tertiary/aromatic N) is 2. The van der Waals surface area contributed by atoms with E-state index >= 15 is 0 Å². The highest BCUT2D eigenvalue weighted by molar-refractivity contribution is 7.04. The molecule has 0 bridgehead atoms. The lowest BCUT2D eigenvalue weighted by Gasteiger charge is -2.50. The van der Waals surface area contributed by atoms with Gasteiger partial charge < -0.3 is 9.71 Å². The molecule has 0 amide bonds. The van der Waals surface area contributed by atoms with Crippen molar-refractivity contribution in [3.8, 4) is 22.3 Å². The summed E-state index contributed by atoms with van der Waals surface area (Å²) in [5.41, 5.74) is 15.7. The van der Waals surface area contributed by atoms with Gasteiger partial charge in [-0.2, -0.15) is 0 Å². The summed E-state index contributed by atoms with van der Waals surface area (Å²) in [5, 5.41) is 5.57. The minimum atomic E-state index is -1.97. The molecule has 4 heteroatoms. The van der Waals surface area contributed by atoms with Crippen molar-refractivity contribution in [1.82, 2.24) is 0 Å². The third-order valence-electron chi connectivity index (χ3n) is 10.8. The van der Waals surface area contributed by atoms with Crippen LogP contribution in [0.4, 0.5) is 28.4 Å². The van der Waals surface area contributed by atoms with Crippen molar-refractivity contribution < 1.29 is 0 Å². The van der Waals surface area contributed by atoms with Gasteiger partial charge in [0.05, 0.1) is 0 Å². The molecule has 10 rings (SSSR count). The van der Waals surface area contributed by atoms with Gasteiger partial charge >= 0.3 is 6.85 Å². The van der Waals surface area contributed by atoms with Crippen LogP contribution < -0.4 is 31.0 Å². The fourth-order valence-corrected chi connectivity index (χ4v) is 11.7. The molecule has 0 fully saturated rings. The molecule has 47 heavy (non-hydrogen) atoms. The molecule has 0 atom stereocenters. The van der Waals surface area contributed by atoms with Crippen molar-refractivity contribution in [2.75, 3.05) is 9.71 Å². The monoisotopic (exact) mass is 616 g/mol. The first-order chi connectivity index (χ1) is 23.0. The summed E-state index contributed by atoms with van der Waals surface area (Å²) in [6, 6.07) is 54.8. The zero-order chi connectivity index (χ0) is 31.4. The van der Waals surface area contributed by atoms with Gasteiger partial charge in [0, 0.05) is 34.0 Å². The molecule has 2 nitrogen and oxygen atoms in total. The highest BCUT2D eigenvalue weighted by Gasteiger charge is 2.49. The van der Waals surface area contributed by atoms with Crippen molar-refractivity contribution in [3.63, 3.8) is 0 Å². The second-order valence-corrected chi connectivity index (χ2v) is 18.2. The Bertz CT molecular complexity index is 2420. The Balaban J connectivity index is 1.31. The quantitative estimate of drug-likeness (QED) is 0.180. The fourth-order valence-electron chi connectivity index (χ4n) is 8.66. The predicted molar refractivity (Wildman–Crippen MR) is 205 cm³/mol. The van der Waals surface area contributed by atoms with Crippen LogP contribution in [0, 0.1) is 6.92 Å². The van der Waals surface area contributed by atoms with Crippen molar-refractivity contribution >= 4 is 75.4 Å². The second-order valence-electron chi connectivity index (χ2n) is 13.9. The van der Waals surface area contributed by atoms with Gasteiger partial charge in [-0.1, -0.05) is 122 Å². The minimum absolute atomic E-state index is 0.0399. The molecule has 0 unspecified atom stereocenters. The smallest absolute Gasteiger partial charge is 0.333 e. The second kappa shape index (κ2) is 9.60. The van der Waals surface area contributed by atoms with Crippen LogP contribution in [0.1, 0.15) is 5.56 Å². The summed E-state index contributed by atoms with van der Waals surface area (Å²) in [5.74, 6) is 0. The van der Waals surface area contributed by atoms with Crippen LogP contribution in [0.2, 0.25) is 13.1 Å². The summed E-state index contributed by atoms with van der Waals surface area (Å²) in [7, 11) is -1.97. The highest BCUT2D eigenvalue weighted by atomic mass is 28.3. The van der Waals surface area contributed by atoms with Crippen molar-refractivity contribution in [3.05, 3.63) is 151 Å². The molecule has 222 valence electrons. The molecule has 3 aliphatic rings. The standard InChI is InChI=1S/C43H33BN2Si/c1-28-24-35-34-26-31-14-7-8-15-32(31)27-38(34)46(33-22-20-30(21-23-33)29-12-5-4-6-13-29)44-36-16-11-19-41-43(36)45(39(25-28)42(35)44)37-17-9-10-18-40(37)47(41,2)3/h4-27H,1-3H3. The van der Waals surface area contributed by atoms with Gasteiger partial charge in [-0.25, -0.2) is 0 Å². The van der Waals surface area contributed by atoms with Crippen LogP contribution >= 0.6 is 0 Å². The Morgan fingerprint density at radius 3 is 2.02 bits per heavy atom. The Labute approximate surface area is 277 Å². The van der Waals surface area contributed by atoms with E-state index in [-0.39, 0.29) is 6.85 Å². The lowest BCUT2D eigenvalue weighted by atomic mass is 9.43. The maximum Gasteiger partial charge on any atom is 0.333 e. The first-order valence-corrected chi connectivity index (χ1v) is 19.6. The van der Waals surface area contributed by atoms with Crippen molar-refractivity contribution in [2.45, 2.75) is 20.0 Å². The van der Waals surface area contributed by atoms with E-state index in [2.05, 4.69) is 175 Å². The van der Waals surface area contributed by atoms with Gasteiger partial charge in [0.2, 0.25) is 0 Å². The van der Waals surface area contributed by atoms with Gasteiger partial charge in [0.1, 0.15) is 8.07 Å². The average molecular weight is 617 g/mol. The maximum absolute atomic E-state index is 2.64. The van der Waals surface area contributed by atoms with E-state index in [0.717, 1.165) is 0 Å². The topological polar surface area (TPSA) is 6.48 Å². The summed E-state index contributed by atoms with van der Waals surface area (Å²) in [6.45, 7) is 7.35. The Morgan fingerprint density at radius 1 is 0.532 bits per heavy atom. The van der Waals surface area contributed by atoms with Crippen LogP contribution in [0.25, 0.3) is 33.0 Å². The van der Waals surface area contributed by atoms with Gasteiger partial charge in [-0.3, -0.25) is 0 Å². The van der Waals surface area contributed by atoms with Crippen LogP contribution in [0.5, 0.6) is 0 Å². The van der Waals surface area contributed by atoms with E-state index < -0.39 is 8.07 Å². The Kier molecular flexibility index (Phi) is 5.49. The zero-order valence-electron chi connectivity index (χ0n) is 26.8. The third-order valence-corrected chi connectivity index (χ3v) is 14.3. The highest BCUT2D eigenvalue weighted by Crippen LogP contribution is 2.48. The van der Waals surface area contributed by atoms with E-state index in [0.29, 0.717) is 0 Å². The zero-order valence-corrected chi connectivity index (χ0v) is 27.8. The number of hydrogen-bond acceptors (Lipinski definition) is 2. The summed E-state index contributed by atoms with van der Waals surface area (Å²) >= 11 is 0. The molecule has 0 saturated heterocycles. The first-order valence-electron chi connectivity index (χ1n) is 16.6. The van der Waals surface area contributed by atoms with Crippen molar-refractivity contribution in [2.24, 2.45) is 0 Å². The Hall–Kier alpha value is -5.32. The largest absolute Gasteiger partial charge is 0.376 e. The molecule has 7 aromatic rings. The predicted octanol–water partition coefficient (Wildman–Crippen LogP) is 8.66.